The van der Waals surface area contributed by atoms with Crippen molar-refractivity contribution < 1.29 is 0 Å². The maximum Gasteiger partial charge on any atom is 0.0297 e. The summed E-state index contributed by atoms with van der Waals surface area (Å²) in [6, 6.07) is 7.30. The van der Waals surface area contributed by atoms with Gasteiger partial charge in [-0.15, -0.1) is 0 Å². The lowest BCUT2D eigenvalue weighted by Gasteiger charge is -2.42. The van der Waals surface area contributed by atoms with Crippen molar-refractivity contribution in [2.24, 2.45) is 11.7 Å². The van der Waals surface area contributed by atoms with Crippen LogP contribution in [0.5, 0.6) is 0 Å². The van der Waals surface area contributed by atoms with Gasteiger partial charge in [-0.3, -0.25) is 0 Å². The molecule has 0 aromatic heterocycles. The molecule has 2 aliphatic carbocycles. The van der Waals surface area contributed by atoms with Gasteiger partial charge in [0.05, 0.1) is 0 Å². The van der Waals surface area contributed by atoms with Crippen LogP contribution < -0.4 is 5.73 Å². The Morgan fingerprint density at radius 1 is 1.05 bits per heavy atom. The van der Waals surface area contributed by atoms with E-state index in [0.29, 0.717) is 10.8 Å². The Bertz CT molecular complexity index is 508. The van der Waals surface area contributed by atoms with E-state index in [4.69, 9.17) is 5.73 Å². The van der Waals surface area contributed by atoms with Gasteiger partial charge in [0.2, 0.25) is 0 Å². The fourth-order valence-electron chi connectivity index (χ4n) is 3.69. The average molecular weight is 271 g/mol. The normalized spacial score (nSPS) is 25.1. The Hall–Kier alpha value is -0.820. The molecule has 0 amide bonds. The van der Waals surface area contributed by atoms with E-state index in [1.165, 1.54) is 48.8 Å². The van der Waals surface area contributed by atoms with Crippen molar-refractivity contribution in [3.63, 3.8) is 0 Å². The molecule has 110 valence electrons. The summed E-state index contributed by atoms with van der Waals surface area (Å²) >= 11 is 0. The van der Waals surface area contributed by atoms with Crippen LogP contribution in [0.4, 0.5) is 0 Å². The molecule has 1 fully saturated rings. The van der Waals surface area contributed by atoms with Crippen LogP contribution in [0.1, 0.15) is 82.5 Å². The van der Waals surface area contributed by atoms with Crippen LogP contribution in [0.15, 0.2) is 18.2 Å². The van der Waals surface area contributed by atoms with Gasteiger partial charge in [-0.25, -0.2) is 0 Å². The minimum Gasteiger partial charge on any atom is -0.324 e. The number of hydrogen-bond donors (Lipinski definition) is 1. The van der Waals surface area contributed by atoms with Gasteiger partial charge in [-0.05, 0) is 52.7 Å². The highest BCUT2D eigenvalue weighted by molar-refractivity contribution is 5.44. The predicted molar refractivity (Wildman–Crippen MR) is 86.0 cm³/mol. The molecule has 2 N–H and O–H groups in total. The zero-order valence-corrected chi connectivity index (χ0v) is 13.5. The van der Waals surface area contributed by atoms with Crippen molar-refractivity contribution in [2.75, 3.05) is 0 Å². The number of hydrogen-bond acceptors (Lipinski definition) is 1. The first-order valence-corrected chi connectivity index (χ1v) is 8.20. The zero-order chi connectivity index (χ0) is 14.5. The Labute approximate surface area is 124 Å². The number of fused-ring (bicyclic) bond motifs is 1. The fraction of sp³-hybridized carbons (Fsp3) is 0.684. The molecular weight excluding hydrogens is 242 g/mol. The van der Waals surface area contributed by atoms with Gasteiger partial charge in [0, 0.05) is 6.04 Å². The van der Waals surface area contributed by atoms with E-state index in [1.807, 2.05) is 0 Å². The molecule has 0 radical (unpaired) electrons. The number of benzene rings is 1. The van der Waals surface area contributed by atoms with E-state index in [-0.39, 0.29) is 6.04 Å². The third kappa shape index (κ3) is 2.53. The van der Waals surface area contributed by atoms with Crippen LogP contribution in [0.25, 0.3) is 0 Å². The molecular formula is C19H29N. The molecule has 0 bridgehead atoms. The van der Waals surface area contributed by atoms with Crippen LogP contribution in [0.3, 0.4) is 0 Å². The van der Waals surface area contributed by atoms with Gasteiger partial charge < -0.3 is 5.73 Å². The summed E-state index contributed by atoms with van der Waals surface area (Å²) in [5.41, 5.74) is 11.5. The lowest BCUT2D eigenvalue weighted by atomic mass is 9.63. The highest BCUT2D eigenvalue weighted by Gasteiger charge is 2.37. The van der Waals surface area contributed by atoms with Gasteiger partial charge >= 0.3 is 0 Å². The van der Waals surface area contributed by atoms with Crippen LogP contribution >= 0.6 is 0 Å². The first-order valence-electron chi connectivity index (χ1n) is 8.20. The first kappa shape index (κ1) is 14.1. The van der Waals surface area contributed by atoms with E-state index >= 15 is 0 Å². The summed E-state index contributed by atoms with van der Waals surface area (Å²) in [7, 11) is 0. The molecule has 1 heteroatoms. The van der Waals surface area contributed by atoms with Crippen molar-refractivity contribution >= 4 is 0 Å². The fourth-order valence-corrected chi connectivity index (χ4v) is 3.69. The molecule has 1 unspecified atom stereocenters. The molecule has 1 aromatic carbocycles. The third-order valence-corrected chi connectivity index (χ3v) is 5.59. The molecule has 0 spiro atoms. The highest BCUT2D eigenvalue weighted by atomic mass is 14.6. The molecule has 0 aliphatic heterocycles. The molecule has 0 saturated heterocycles. The molecule has 0 heterocycles. The maximum absolute atomic E-state index is 6.43. The SMILES string of the molecule is CC1(C)CCC(C)(C)c2cc(C(N)CC3CC3)ccc21. The smallest absolute Gasteiger partial charge is 0.0297 e. The molecule has 2 aliphatic rings. The van der Waals surface area contributed by atoms with Gasteiger partial charge in [0.15, 0.2) is 0 Å². The molecule has 1 aromatic rings. The van der Waals surface area contributed by atoms with Gasteiger partial charge in [-0.2, -0.15) is 0 Å². The van der Waals surface area contributed by atoms with Crippen LogP contribution in [0, 0.1) is 5.92 Å². The van der Waals surface area contributed by atoms with Crippen molar-refractivity contribution in [3.8, 4) is 0 Å². The third-order valence-electron chi connectivity index (χ3n) is 5.59. The summed E-state index contributed by atoms with van der Waals surface area (Å²) < 4.78 is 0. The Kier molecular flexibility index (Phi) is 3.25. The molecule has 20 heavy (non-hydrogen) atoms. The monoisotopic (exact) mass is 271 g/mol. The van der Waals surface area contributed by atoms with E-state index < -0.39 is 0 Å². The van der Waals surface area contributed by atoms with Crippen molar-refractivity contribution in [2.45, 2.75) is 76.7 Å². The number of nitrogens with two attached hydrogens (primary N) is 1. The standard InChI is InChI=1S/C19H29N/c1-18(2)9-10-19(3,4)16-12-14(7-8-15(16)18)17(20)11-13-5-6-13/h7-8,12-13,17H,5-6,9-11,20H2,1-4H3. The van der Waals surface area contributed by atoms with Crippen LogP contribution in [-0.4, -0.2) is 0 Å². The van der Waals surface area contributed by atoms with Gasteiger partial charge in [0.25, 0.3) is 0 Å². The zero-order valence-electron chi connectivity index (χ0n) is 13.5. The second-order valence-corrected chi connectivity index (χ2v) is 8.36. The molecule has 1 atom stereocenters. The van der Waals surface area contributed by atoms with Crippen molar-refractivity contribution in [1.82, 2.24) is 0 Å². The van der Waals surface area contributed by atoms with Gasteiger partial charge in [-0.1, -0.05) is 58.7 Å². The predicted octanol–water partition coefficient (Wildman–Crippen LogP) is 4.84. The van der Waals surface area contributed by atoms with E-state index in [1.54, 1.807) is 0 Å². The Morgan fingerprint density at radius 3 is 2.25 bits per heavy atom. The van der Waals surface area contributed by atoms with E-state index in [9.17, 15) is 0 Å². The van der Waals surface area contributed by atoms with E-state index in [0.717, 1.165) is 5.92 Å². The largest absolute Gasteiger partial charge is 0.324 e. The van der Waals surface area contributed by atoms with Crippen molar-refractivity contribution in [1.29, 1.82) is 0 Å². The topological polar surface area (TPSA) is 26.0 Å². The Balaban J connectivity index is 1.97. The Morgan fingerprint density at radius 2 is 1.65 bits per heavy atom. The van der Waals surface area contributed by atoms with Crippen molar-refractivity contribution in [3.05, 3.63) is 34.9 Å². The van der Waals surface area contributed by atoms with Crippen LogP contribution in [-0.2, 0) is 10.8 Å². The van der Waals surface area contributed by atoms with E-state index in [2.05, 4.69) is 45.9 Å². The number of rotatable bonds is 3. The second-order valence-electron chi connectivity index (χ2n) is 8.36. The summed E-state index contributed by atoms with van der Waals surface area (Å²) in [5.74, 6) is 0.894. The summed E-state index contributed by atoms with van der Waals surface area (Å²) in [4.78, 5) is 0. The summed E-state index contributed by atoms with van der Waals surface area (Å²) in [6.07, 6.45) is 6.49. The molecule has 1 nitrogen and oxygen atoms in total. The van der Waals surface area contributed by atoms with Crippen LogP contribution in [0.2, 0.25) is 0 Å². The second kappa shape index (κ2) is 4.59. The summed E-state index contributed by atoms with van der Waals surface area (Å²) in [6.45, 7) is 9.53. The lowest BCUT2D eigenvalue weighted by molar-refractivity contribution is 0.331. The quantitative estimate of drug-likeness (QED) is 0.836. The molecule has 3 rings (SSSR count). The average Bonchev–Trinajstić information content (AvgIpc) is 3.19. The molecule has 1 saturated carbocycles. The summed E-state index contributed by atoms with van der Waals surface area (Å²) in [5, 5.41) is 0. The minimum atomic E-state index is 0.230. The first-order chi connectivity index (χ1) is 9.29. The highest BCUT2D eigenvalue weighted by Crippen LogP contribution is 2.46. The minimum absolute atomic E-state index is 0.230. The van der Waals surface area contributed by atoms with Gasteiger partial charge in [0.1, 0.15) is 0 Å². The maximum atomic E-state index is 6.43. The lowest BCUT2D eigenvalue weighted by Crippen LogP contribution is -2.34.